The first kappa shape index (κ1) is 24.7. The fourth-order valence-electron chi connectivity index (χ4n) is 5.22. The van der Waals surface area contributed by atoms with E-state index in [1.807, 2.05) is 35.3 Å². The normalized spacial score (nSPS) is 22.0. The fourth-order valence-corrected chi connectivity index (χ4v) is 5.22. The number of nitrogens with one attached hydrogen (secondary N) is 3. The summed E-state index contributed by atoms with van der Waals surface area (Å²) in [6.45, 7) is 0.0495. The first-order chi connectivity index (χ1) is 16.5. The second-order valence-corrected chi connectivity index (χ2v) is 9.51. The van der Waals surface area contributed by atoms with Crippen molar-refractivity contribution >= 4 is 5.91 Å². The minimum Gasteiger partial charge on any atom is -0.336 e. The molecule has 0 bridgehead atoms. The predicted molar refractivity (Wildman–Crippen MR) is 128 cm³/mol. The zero-order valence-corrected chi connectivity index (χ0v) is 19.5. The van der Waals surface area contributed by atoms with E-state index in [0.717, 1.165) is 44.1 Å². The Hall–Kier alpha value is -2.39. The van der Waals surface area contributed by atoms with E-state index in [-0.39, 0.29) is 18.0 Å². The molecule has 2 aromatic carbocycles. The molecule has 1 amide bonds. The van der Waals surface area contributed by atoms with Crippen molar-refractivity contribution in [3.63, 3.8) is 0 Å². The van der Waals surface area contributed by atoms with Gasteiger partial charge in [-0.25, -0.2) is 19.2 Å². The van der Waals surface area contributed by atoms with Gasteiger partial charge in [0.25, 0.3) is 0 Å². The molecular formula is C26H35F2N5O. The number of nitrogens with zero attached hydrogens (tertiary/aromatic N) is 1. The summed E-state index contributed by atoms with van der Waals surface area (Å²) in [5, 5.41) is 4.99. The second kappa shape index (κ2) is 11.4. The maximum Gasteiger partial charge on any atom is 0.238 e. The molecule has 1 spiro atoms. The van der Waals surface area contributed by atoms with Crippen molar-refractivity contribution in [1.82, 2.24) is 21.3 Å². The summed E-state index contributed by atoms with van der Waals surface area (Å²) in [4.78, 5) is 13.1. The number of rotatable bonds is 6. The van der Waals surface area contributed by atoms with Gasteiger partial charge in [-0.05, 0) is 37.0 Å². The molecule has 4 rings (SSSR count). The number of benzene rings is 2. The molecule has 1 saturated carbocycles. The highest BCUT2D eigenvalue weighted by Crippen LogP contribution is 2.36. The average molecular weight is 472 g/mol. The van der Waals surface area contributed by atoms with Crippen LogP contribution in [0.3, 0.4) is 0 Å². The van der Waals surface area contributed by atoms with Crippen LogP contribution < -0.4 is 22.0 Å². The lowest BCUT2D eigenvalue weighted by Crippen LogP contribution is -2.61. The van der Waals surface area contributed by atoms with Gasteiger partial charge in [0, 0.05) is 12.1 Å². The summed E-state index contributed by atoms with van der Waals surface area (Å²) in [7, 11) is 0. The number of amides is 1. The molecule has 0 radical (unpaired) electrons. The van der Waals surface area contributed by atoms with Crippen molar-refractivity contribution in [2.24, 2.45) is 5.73 Å². The zero-order chi connectivity index (χ0) is 24.0. The molecule has 6 nitrogen and oxygen atoms in total. The highest BCUT2D eigenvalue weighted by Gasteiger charge is 2.49. The molecule has 2 atom stereocenters. The third-order valence-corrected chi connectivity index (χ3v) is 7.19. The fraction of sp³-hybridized carbons (Fsp3) is 0.500. The van der Waals surface area contributed by atoms with Crippen LogP contribution in [0, 0.1) is 11.6 Å². The van der Waals surface area contributed by atoms with E-state index in [4.69, 9.17) is 5.73 Å². The Bertz CT molecular complexity index is 927. The van der Waals surface area contributed by atoms with Gasteiger partial charge >= 0.3 is 0 Å². The molecule has 1 unspecified atom stereocenters. The van der Waals surface area contributed by atoms with Crippen molar-refractivity contribution in [2.45, 2.75) is 82.1 Å². The van der Waals surface area contributed by atoms with Crippen LogP contribution in [-0.4, -0.2) is 28.7 Å². The first-order valence-electron chi connectivity index (χ1n) is 12.3. The summed E-state index contributed by atoms with van der Waals surface area (Å²) in [5.74, 6) is -1.39. The Labute approximate surface area is 200 Å². The largest absolute Gasteiger partial charge is 0.336 e. The van der Waals surface area contributed by atoms with Crippen molar-refractivity contribution in [1.29, 1.82) is 0 Å². The minimum atomic E-state index is -0.698. The van der Waals surface area contributed by atoms with E-state index < -0.39 is 29.4 Å². The molecule has 5 N–H and O–H groups in total. The van der Waals surface area contributed by atoms with E-state index in [2.05, 4.69) is 16.3 Å². The van der Waals surface area contributed by atoms with Crippen molar-refractivity contribution < 1.29 is 13.6 Å². The molecule has 1 aliphatic heterocycles. The molecule has 2 aliphatic rings. The summed E-state index contributed by atoms with van der Waals surface area (Å²) >= 11 is 0. The smallest absolute Gasteiger partial charge is 0.238 e. The number of hydrogen-bond acceptors (Lipinski definition) is 5. The number of halogens is 2. The van der Waals surface area contributed by atoms with E-state index in [1.165, 1.54) is 31.0 Å². The zero-order valence-electron chi connectivity index (χ0n) is 19.5. The Kier molecular flexibility index (Phi) is 8.26. The topological polar surface area (TPSA) is 82.4 Å². The van der Waals surface area contributed by atoms with Crippen LogP contribution in [0.2, 0.25) is 0 Å². The Morgan fingerprint density at radius 1 is 1.00 bits per heavy atom. The van der Waals surface area contributed by atoms with E-state index in [0.29, 0.717) is 6.42 Å². The Morgan fingerprint density at radius 3 is 2.26 bits per heavy atom. The number of carbonyl (C=O) groups is 1. The Balaban J connectivity index is 1.54. The van der Waals surface area contributed by atoms with Gasteiger partial charge in [0.05, 0.1) is 11.6 Å². The molecule has 1 aliphatic carbocycles. The third kappa shape index (κ3) is 5.63. The summed E-state index contributed by atoms with van der Waals surface area (Å²) in [5.41, 5.74) is 13.1. The summed E-state index contributed by atoms with van der Waals surface area (Å²) in [6.07, 6.45) is 8.08. The van der Waals surface area contributed by atoms with Gasteiger partial charge in [-0.1, -0.05) is 74.9 Å². The van der Waals surface area contributed by atoms with Gasteiger partial charge < -0.3 is 11.1 Å². The van der Waals surface area contributed by atoms with Crippen LogP contribution in [-0.2, 0) is 17.8 Å². The van der Waals surface area contributed by atoms with Crippen LogP contribution in [0.5, 0.6) is 0 Å². The van der Waals surface area contributed by atoms with E-state index in [1.54, 1.807) is 0 Å². The highest BCUT2D eigenvalue weighted by molar-refractivity contribution is 5.82. The van der Waals surface area contributed by atoms with Crippen LogP contribution in [0.1, 0.15) is 62.5 Å². The average Bonchev–Trinajstić information content (AvgIpc) is 3.21. The van der Waals surface area contributed by atoms with Crippen LogP contribution in [0.4, 0.5) is 8.78 Å². The maximum absolute atomic E-state index is 14.5. The van der Waals surface area contributed by atoms with E-state index in [9.17, 15) is 13.6 Å². The van der Waals surface area contributed by atoms with Gasteiger partial charge in [-0.2, -0.15) is 5.53 Å². The predicted octanol–water partition coefficient (Wildman–Crippen LogP) is 3.68. The molecular weight excluding hydrogens is 436 g/mol. The van der Waals surface area contributed by atoms with Gasteiger partial charge in [0.1, 0.15) is 17.8 Å². The molecule has 184 valence electrons. The van der Waals surface area contributed by atoms with Crippen LogP contribution >= 0.6 is 0 Å². The molecule has 2 aromatic rings. The standard InChI is InChI=1S/C26H35F2N5O/c27-21-13-10-14-22(28)20(21)18-33-26(15-8-3-1-2-4-9-16-26)25(31-32-33)30-24(34)23(29)17-19-11-6-5-7-12-19/h5-7,10-14,23,25,31-32H,1-4,8-9,15-18,29H2,(H,30,34)/t23-,25?/m0/s1. The minimum absolute atomic E-state index is 0.0174. The van der Waals surface area contributed by atoms with Gasteiger partial charge in [-0.3, -0.25) is 4.79 Å². The molecule has 0 aromatic heterocycles. The van der Waals surface area contributed by atoms with Crippen molar-refractivity contribution in [2.75, 3.05) is 0 Å². The lowest BCUT2D eigenvalue weighted by molar-refractivity contribution is -0.124. The Morgan fingerprint density at radius 2 is 1.62 bits per heavy atom. The van der Waals surface area contributed by atoms with Crippen LogP contribution in [0.15, 0.2) is 48.5 Å². The summed E-state index contributed by atoms with van der Waals surface area (Å²) < 4.78 is 29.0. The SMILES string of the molecule is N[C@@H](Cc1ccccc1)C(=O)NC1NNN(Cc2c(F)cccc2F)C12CCCCCCCC2. The van der Waals surface area contributed by atoms with Gasteiger partial charge in [0.15, 0.2) is 0 Å². The maximum atomic E-state index is 14.5. The van der Waals surface area contributed by atoms with Crippen molar-refractivity contribution in [3.8, 4) is 0 Å². The lowest BCUT2D eigenvalue weighted by atomic mass is 9.84. The molecule has 1 heterocycles. The number of hydrogen-bond donors (Lipinski definition) is 4. The molecule has 34 heavy (non-hydrogen) atoms. The van der Waals surface area contributed by atoms with E-state index >= 15 is 0 Å². The summed E-state index contributed by atoms with van der Waals surface area (Å²) in [6, 6.07) is 12.9. The first-order valence-corrected chi connectivity index (χ1v) is 12.3. The van der Waals surface area contributed by atoms with Gasteiger partial charge in [0.2, 0.25) is 5.91 Å². The van der Waals surface area contributed by atoms with Crippen LogP contribution in [0.25, 0.3) is 0 Å². The monoisotopic (exact) mass is 471 g/mol. The van der Waals surface area contributed by atoms with Crippen molar-refractivity contribution in [3.05, 3.63) is 71.3 Å². The van der Waals surface area contributed by atoms with Gasteiger partial charge in [-0.15, -0.1) is 0 Å². The number of nitrogens with two attached hydrogens (primary N) is 1. The number of carbonyl (C=O) groups excluding carboxylic acids is 1. The second-order valence-electron chi connectivity index (χ2n) is 9.51. The quantitative estimate of drug-likeness (QED) is 0.517. The molecule has 2 fully saturated rings. The number of hydrazine groups is 2. The molecule has 1 saturated heterocycles. The lowest BCUT2D eigenvalue weighted by Gasteiger charge is -2.41. The highest BCUT2D eigenvalue weighted by atomic mass is 19.1. The third-order valence-electron chi connectivity index (χ3n) is 7.19. The molecule has 8 heteroatoms.